The Kier molecular flexibility index (Phi) is 5.70. The molecule has 0 aromatic heterocycles. The van der Waals surface area contributed by atoms with Gasteiger partial charge in [0.2, 0.25) is 0 Å². The van der Waals surface area contributed by atoms with E-state index in [0.29, 0.717) is 29.9 Å². The summed E-state index contributed by atoms with van der Waals surface area (Å²) in [5.74, 6) is 0. The fourth-order valence-corrected chi connectivity index (χ4v) is 3.05. The molecule has 1 fully saturated rings. The van der Waals surface area contributed by atoms with Crippen LogP contribution in [0, 0.1) is 0 Å². The second kappa shape index (κ2) is 7.10. The molecule has 0 bridgehead atoms. The summed E-state index contributed by atoms with van der Waals surface area (Å²) in [4.78, 5) is 0. The number of hydrogen-bond donors (Lipinski definition) is 1. The van der Waals surface area contributed by atoms with Gasteiger partial charge in [0.05, 0.1) is 15.6 Å². The summed E-state index contributed by atoms with van der Waals surface area (Å²) in [6.07, 6.45) is 2.39. The second-order valence-electron chi connectivity index (χ2n) is 5.17. The van der Waals surface area contributed by atoms with Crippen LogP contribution in [-0.2, 0) is 15.9 Å². The van der Waals surface area contributed by atoms with Gasteiger partial charge in [-0.3, -0.25) is 0 Å². The van der Waals surface area contributed by atoms with Crippen LogP contribution in [0.25, 0.3) is 0 Å². The molecule has 0 saturated carbocycles. The topological polar surface area (TPSA) is 44.5 Å². The maximum Gasteiger partial charge on any atom is 0.0879 e. The van der Waals surface area contributed by atoms with E-state index in [9.17, 15) is 0 Å². The number of nitrogens with two attached hydrogens (primary N) is 1. The summed E-state index contributed by atoms with van der Waals surface area (Å²) in [6, 6.07) is 5.57. The fraction of sp³-hybridized carbons (Fsp3) is 0.600. The average molecular weight is 318 g/mol. The van der Waals surface area contributed by atoms with Crippen molar-refractivity contribution < 1.29 is 9.47 Å². The molecule has 1 unspecified atom stereocenters. The first-order valence-corrected chi connectivity index (χ1v) is 7.74. The highest BCUT2D eigenvalue weighted by molar-refractivity contribution is 6.42. The van der Waals surface area contributed by atoms with Crippen LogP contribution >= 0.6 is 23.2 Å². The van der Waals surface area contributed by atoms with Crippen LogP contribution in [0.15, 0.2) is 18.2 Å². The first-order valence-electron chi connectivity index (χ1n) is 6.98. The van der Waals surface area contributed by atoms with Gasteiger partial charge in [0, 0.05) is 38.7 Å². The Hall–Kier alpha value is -0.320. The molecule has 0 aliphatic carbocycles. The van der Waals surface area contributed by atoms with Crippen molar-refractivity contribution in [3.8, 4) is 0 Å². The molecule has 5 heteroatoms. The van der Waals surface area contributed by atoms with Crippen molar-refractivity contribution in [1.29, 1.82) is 0 Å². The van der Waals surface area contributed by atoms with Crippen LogP contribution in [0.5, 0.6) is 0 Å². The Labute approximate surface area is 130 Å². The van der Waals surface area contributed by atoms with E-state index in [0.717, 1.165) is 24.8 Å². The number of halogens is 2. The van der Waals surface area contributed by atoms with Crippen molar-refractivity contribution in [1.82, 2.24) is 0 Å². The lowest BCUT2D eigenvalue weighted by Gasteiger charge is -2.41. The van der Waals surface area contributed by atoms with E-state index < -0.39 is 0 Å². The Morgan fingerprint density at radius 1 is 1.30 bits per heavy atom. The Morgan fingerprint density at radius 2 is 2.00 bits per heavy atom. The molecule has 112 valence electrons. The lowest BCUT2D eigenvalue weighted by atomic mass is 9.83. The van der Waals surface area contributed by atoms with E-state index in [2.05, 4.69) is 0 Å². The number of hydrogen-bond acceptors (Lipinski definition) is 3. The molecule has 2 rings (SSSR count). The fourth-order valence-electron chi connectivity index (χ4n) is 2.73. The van der Waals surface area contributed by atoms with Crippen molar-refractivity contribution in [3.63, 3.8) is 0 Å². The van der Waals surface area contributed by atoms with Gasteiger partial charge in [0.1, 0.15) is 0 Å². The average Bonchev–Trinajstić information content (AvgIpc) is 2.44. The lowest BCUT2D eigenvalue weighted by Crippen LogP contribution is -2.54. The zero-order valence-corrected chi connectivity index (χ0v) is 13.2. The van der Waals surface area contributed by atoms with Crippen LogP contribution in [-0.4, -0.2) is 31.5 Å². The SMILES string of the molecule is CCOC1(C(N)Cc2ccc(Cl)c(Cl)c2)CCOCC1. The van der Waals surface area contributed by atoms with E-state index in [1.165, 1.54) is 0 Å². The van der Waals surface area contributed by atoms with Crippen LogP contribution < -0.4 is 5.73 Å². The molecule has 0 amide bonds. The summed E-state index contributed by atoms with van der Waals surface area (Å²) in [7, 11) is 0. The molecule has 1 saturated heterocycles. The Balaban J connectivity index is 2.11. The van der Waals surface area contributed by atoms with E-state index in [1.54, 1.807) is 0 Å². The van der Waals surface area contributed by atoms with Crippen molar-refractivity contribution >= 4 is 23.2 Å². The van der Waals surface area contributed by atoms with Gasteiger partial charge in [0.25, 0.3) is 0 Å². The third-order valence-corrected chi connectivity index (χ3v) is 4.63. The van der Waals surface area contributed by atoms with Gasteiger partial charge >= 0.3 is 0 Å². The molecule has 2 N–H and O–H groups in total. The minimum Gasteiger partial charge on any atom is -0.381 e. The maximum atomic E-state index is 6.43. The third kappa shape index (κ3) is 3.66. The number of ether oxygens (including phenoxy) is 2. The van der Waals surface area contributed by atoms with Crippen molar-refractivity contribution in [2.45, 2.75) is 37.8 Å². The summed E-state index contributed by atoms with van der Waals surface area (Å²) in [6.45, 7) is 4.07. The molecular formula is C15H21Cl2NO2. The van der Waals surface area contributed by atoms with E-state index in [-0.39, 0.29) is 11.6 Å². The standard InChI is InChI=1S/C15H21Cl2NO2/c1-2-20-15(5-7-19-8-6-15)14(18)10-11-3-4-12(16)13(17)9-11/h3-4,9,14H,2,5-8,10,18H2,1H3. The van der Waals surface area contributed by atoms with Gasteiger partial charge in [-0.1, -0.05) is 29.3 Å². The van der Waals surface area contributed by atoms with E-state index in [4.69, 9.17) is 38.4 Å². The van der Waals surface area contributed by atoms with Crippen LogP contribution in [0.3, 0.4) is 0 Å². The van der Waals surface area contributed by atoms with Gasteiger partial charge < -0.3 is 15.2 Å². The van der Waals surface area contributed by atoms with E-state index in [1.807, 2.05) is 25.1 Å². The molecule has 0 spiro atoms. The van der Waals surface area contributed by atoms with Gasteiger partial charge in [-0.2, -0.15) is 0 Å². The van der Waals surface area contributed by atoms with Crippen molar-refractivity contribution in [3.05, 3.63) is 33.8 Å². The summed E-state index contributed by atoms with van der Waals surface area (Å²) < 4.78 is 11.4. The van der Waals surface area contributed by atoms with Crippen molar-refractivity contribution in [2.75, 3.05) is 19.8 Å². The molecule has 1 aliphatic heterocycles. The second-order valence-corrected chi connectivity index (χ2v) is 5.98. The summed E-state index contributed by atoms with van der Waals surface area (Å²) in [5.41, 5.74) is 7.22. The molecule has 1 aromatic carbocycles. The van der Waals surface area contributed by atoms with Crippen molar-refractivity contribution in [2.24, 2.45) is 5.73 Å². The quantitative estimate of drug-likeness (QED) is 0.904. The zero-order chi connectivity index (χ0) is 14.6. The highest BCUT2D eigenvalue weighted by atomic mass is 35.5. The van der Waals surface area contributed by atoms with Gasteiger partial charge in [-0.15, -0.1) is 0 Å². The minimum absolute atomic E-state index is 0.0800. The molecule has 1 heterocycles. The molecule has 1 atom stereocenters. The molecule has 3 nitrogen and oxygen atoms in total. The first kappa shape index (κ1) is 16.1. The Bertz CT molecular complexity index is 442. The number of benzene rings is 1. The zero-order valence-electron chi connectivity index (χ0n) is 11.7. The van der Waals surface area contributed by atoms with Gasteiger partial charge in [0.15, 0.2) is 0 Å². The molecule has 20 heavy (non-hydrogen) atoms. The molecule has 1 aromatic rings. The molecular weight excluding hydrogens is 297 g/mol. The van der Waals surface area contributed by atoms with E-state index >= 15 is 0 Å². The third-order valence-electron chi connectivity index (χ3n) is 3.89. The summed E-state index contributed by atoms with van der Waals surface area (Å²) >= 11 is 12.0. The lowest BCUT2D eigenvalue weighted by molar-refractivity contribution is -0.120. The molecule has 0 radical (unpaired) electrons. The monoisotopic (exact) mass is 317 g/mol. The highest BCUT2D eigenvalue weighted by Gasteiger charge is 2.39. The Morgan fingerprint density at radius 3 is 2.60 bits per heavy atom. The maximum absolute atomic E-state index is 6.43. The van der Waals surface area contributed by atoms with Crippen LogP contribution in [0.2, 0.25) is 10.0 Å². The smallest absolute Gasteiger partial charge is 0.0879 e. The van der Waals surface area contributed by atoms with Gasteiger partial charge in [-0.05, 0) is 31.0 Å². The predicted molar refractivity (Wildman–Crippen MR) is 82.6 cm³/mol. The molecule has 1 aliphatic rings. The normalized spacial score (nSPS) is 19.8. The number of rotatable bonds is 5. The van der Waals surface area contributed by atoms with Crippen LogP contribution in [0.1, 0.15) is 25.3 Å². The largest absolute Gasteiger partial charge is 0.381 e. The van der Waals surface area contributed by atoms with Crippen LogP contribution in [0.4, 0.5) is 0 Å². The van der Waals surface area contributed by atoms with Gasteiger partial charge in [-0.25, -0.2) is 0 Å². The predicted octanol–water partition coefficient (Wildman–Crippen LogP) is 3.45. The highest BCUT2D eigenvalue weighted by Crippen LogP contribution is 2.31. The minimum atomic E-state index is -0.293. The summed E-state index contributed by atoms with van der Waals surface area (Å²) in [5, 5.41) is 1.13. The first-order chi connectivity index (χ1) is 9.57.